The first-order chi connectivity index (χ1) is 10.7. The molecule has 1 N–H and O–H groups in total. The van der Waals surface area contributed by atoms with Gasteiger partial charge in [-0.05, 0) is 30.3 Å². The third-order valence-electron chi connectivity index (χ3n) is 2.95. The minimum Gasteiger partial charge on any atom is -0.497 e. The number of amides is 1. The standard InChI is InChI=1S/C15H10BrF4NO2/c1-23-9-3-4-10(13(17)7-9)14(22)21-8-2-5-12(16)11(6-8)15(18,19)20/h2-7H,1H3,(H,21,22). The van der Waals surface area contributed by atoms with Gasteiger partial charge in [0.15, 0.2) is 0 Å². The van der Waals surface area contributed by atoms with E-state index in [1.165, 1.54) is 25.3 Å². The first-order valence-corrected chi connectivity index (χ1v) is 7.03. The predicted octanol–water partition coefficient (Wildman–Crippen LogP) is 4.87. The molecule has 0 fully saturated rings. The highest BCUT2D eigenvalue weighted by Crippen LogP contribution is 2.36. The summed E-state index contributed by atoms with van der Waals surface area (Å²) in [6.07, 6.45) is -4.58. The summed E-state index contributed by atoms with van der Waals surface area (Å²) >= 11 is 2.80. The number of hydrogen-bond donors (Lipinski definition) is 1. The number of hydrogen-bond acceptors (Lipinski definition) is 2. The van der Waals surface area contributed by atoms with Gasteiger partial charge in [-0.2, -0.15) is 13.2 Å². The van der Waals surface area contributed by atoms with E-state index < -0.39 is 23.5 Å². The molecule has 0 radical (unpaired) electrons. The number of alkyl halides is 3. The van der Waals surface area contributed by atoms with Crippen LogP contribution in [0.3, 0.4) is 0 Å². The molecule has 0 aromatic heterocycles. The zero-order valence-electron chi connectivity index (χ0n) is 11.7. The summed E-state index contributed by atoms with van der Waals surface area (Å²) in [7, 11) is 1.34. The number of rotatable bonds is 3. The minimum absolute atomic E-state index is 0.0965. The Morgan fingerprint density at radius 3 is 2.43 bits per heavy atom. The average Bonchev–Trinajstić information content (AvgIpc) is 2.47. The molecule has 0 saturated carbocycles. The molecule has 1 amide bonds. The molecule has 0 aliphatic heterocycles. The largest absolute Gasteiger partial charge is 0.497 e. The highest BCUT2D eigenvalue weighted by atomic mass is 79.9. The lowest BCUT2D eigenvalue weighted by atomic mass is 10.1. The van der Waals surface area contributed by atoms with Crippen LogP contribution in [0, 0.1) is 5.82 Å². The molecule has 2 rings (SSSR count). The SMILES string of the molecule is COc1ccc(C(=O)Nc2ccc(Br)c(C(F)(F)F)c2)c(F)c1. The summed E-state index contributed by atoms with van der Waals surface area (Å²) in [5, 5.41) is 2.24. The van der Waals surface area contributed by atoms with Gasteiger partial charge in [0.25, 0.3) is 5.91 Å². The highest BCUT2D eigenvalue weighted by molar-refractivity contribution is 9.10. The van der Waals surface area contributed by atoms with Gasteiger partial charge in [0.05, 0.1) is 18.2 Å². The Morgan fingerprint density at radius 2 is 1.87 bits per heavy atom. The molecule has 2 aromatic rings. The molecule has 8 heteroatoms. The van der Waals surface area contributed by atoms with Crippen LogP contribution >= 0.6 is 15.9 Å². The first kappa shape index (κ1) is 17.3. The average molecular weight is 392 g/mol. The van der Waals surface area contributed by atoms with Crippen molar-refractivity contribution in [1.29, 1.82) is 0 Å². The fourth-order valence-electron chi connectivity index (χ4n) is 1.83. The monoisotopic (exact) mass is 391 g/mol. The Balaban J connectivity index is 2.27. The lowest BCUT2D eigenvalue weighted by Crippen LogP contribution is -2.15. The van der Waals surface area contributed by atoms with Crippen LogP contribution in [-0.2, 0) is 6.18 Å². The molecule has 3 nitrogen and oxygen atoms in total. The first-order valence-electron chi connectivity index (χ1n) is 6.24. The molecular weight excluding hydrogens is 382 g/mol. The molecule has 23 heavy (non-hydrogen) atoms. The second-order valence-corrected chi connectivity index (χ2v) is 5.35. The molecule has 0 aliphatic rings. The molecule has 0 aliphatic carbocycles. The second kappa shape index (κ2) is 6.57. The Morgan fingerprint density at radius 1 is 1.17 bits per heavy atom. The van der Waals surface area contributed by atoms with Crippen LogP contribution in [-0.4, -0.2) is 13.0 Å². The van der Waals surface area contributed by atoms with E-state index in [1.54, 1.807) is 0 Å². The zero-order valence-corrected chi connectivity index (χ0v) is 13.3. The maximum Gasteiger partial charge on any atom is 0.417 e. The highest BCUT2D eigenvalue weighted by Gasteiger charge is 2.33. The molecular formula is C15H10BrF4NO2. The third kappa shape index (κ3) is 4.01. The van der Waals surface area contributed by atoms with Crippen molar-refractivity contribution in [3.8, 4) is 5.75 Å². The van der Waals surface area contributed by atoms with Crippen molar-refractivity contribution >= 4 is 27.5 Å². The number of carbonyl (C=O) groups excluding carboxylic acids is 1. The van der Waals surface area contributed by atoms with E-state index in [0.717, 1.165) is 18.2 Å². The molecule has 0 heterocycles. The lowest BCUT2D eigenvalue weighted by Gasteiger charge is -2.12. The molecule has 2 aromatic carbocycles. The fourth-order valence-corrected chi connectivity index (χ4v) is 2.30. The van der Waals surface area contributed by atoms with Gasteiger partial charge < -0.3 is 10.1 Å². The molecule has 122 valence electrons. The number of anilines is 1. The zero-order chi connectivity index (χ0) is 17.2. The maximum atomic E-state index is 13.8. The topological polar surface area (TPSA) is 38.3 Å². The van der Waals surface area contributed by atoms with E-state index in [4.69, 9.17) is 4.74 Å². The van der Waals surface area contributed by atoms with Crippen molar-refractivity contribution in [2.75, 3.05) is 12.4 Å². The molecule has 0 unspecified atom stereocenters. The van der Waals surface area contributed by atoms with Crippen LogP contribution < -0.4 is 10.1 Å². The van der Waals surface area contributed by atoms with E-state index in [2.05, 4.69) is 21.2 Å². The van der Waals surface area contributed by atoms with Gasteiger partial charge in [-0.1, -0.05) is 15.9 Å². The molecule has 0 bridgehead atoms. The summed E-state index contributed by atoms with van der Waals surface area (Å²) in [5.41, 5.74) is -1.34. The Labute approximate surface area is 137 Å². The van der Waals surface area contributed by atoms with Crippen molar-refractivity contribution in [2.45, 2.75) is 6.18 Å². The van der Waals surface area contributed by atoms with Gasteiger partial charge in [-0.15, -0.1) is 0 Å². The Kier molecular flexibility index (Phi) is 4.93. The summed E-state index contributed by atoms with van der Waals surface area (Å²) in [6.45, 7) is 0. The summed E-state index contributed by atoms with van der Waals surface area (Å²) < 4.78 is 56.9. The van der Waals surface area contributed by atoms with Gasteiger partial charge in [-0.25, -0.2) is 4.39 Å². The Bertz CT molecular complexity index is 747. The van der Waals surface area contributed by atoms with Gasteiger partial charge in [-0.3, -0.25) is 4.79 Å². The van der Waals surface area contributed by atoms with Crippen molar-refractivity contribution in [2.24, 2.45) is 0 Å². The molecule has 0 spiro atoms. The smallest absolute Gasteiger partial charge is 0.417 e. The number of carbonyl (C=O) groups is 1. The second-order valence-electron chi connectivity index (χ2n) is 4.49. The number of benzene rings is 2. The van der Waals surface area contributed by atoms with Crippen LogP contribution in [0.25, 0.3) is 0 Å². The van der Waals surface area contributed by atoms with Gasteiger partial charge in [0.2, 0.25) is 0 Å². The molecule has 0 saturated heterocycles. The third-order valence-corrected chi connectivity index (χ3v) is 3.64. The van der Waals surface area contributed by atoms with E-state index in [9.17, 15) is 22.4 Å². The van der Waals surface area contributed by atoms with Crippen LogP contribution in [0.4, 0.5) is 23.2 Å². The van der Waals surface area contributed by atoms with Crippen LogP contribution in [0.1, 0.15) is 15.9 Å². The van der Waals surface area contributed by atoms with Gasteiger partial charge in [0, 0.05) is 16.2 Å². The van der Waals surface area contributed by atoms with E-state index in [-0.39, 0.29) is 21.5 Å². The molecule has 0 atom stereocenters. The van der Waals surface area contributed by atoms with Crippen LogP contribution in [0.2, 0.25) is 0 Å². The normalized spacial score (nSPS) is 11.2. The van der Waals surface area contributed by atoms with Gasteiger partial charge in [0.1, 0.15) is 11.6 Å². The van der Waals surface area contributed by atoms with E-state index in [1.807, 2.05) is 0 Å². The van der Waals surface area contributed by atoms with Crippen LogP contribution in [0.15, 0.2) is 40.9 Å². The van der Waals surface area contributed by atoms with E-state index >= 15 is 0 Å². The minimum atomic E-state index is -4.58. The number of methoxy groups -OCH3 is 1. The number of ether oxygens (including phenoxy) is 1. The van der Waals surface area contributed by atoms with Gasteiger partial charge >= 0.3 is 6.18 Å². The lowest BCUT2D eigenvalue weighted by molar-refractivity contribution is -0.138. The maximum absolute atomic E-state index is 13.8. The summed E-state index contributed by atoms with van der Waals surface area (Å²) in [4.78, 5) is 12.0. The van der Waals surface area contributed by atoms with Crippen molar-refractivity contribution in [1.82, 2.24) is 0 Å². The van der Waals surface area contributed by atoms with Crippen molar-refractivity contribution in [3.63, 3.8) is 0 Å². The summed E-state index contributed by atoms with van der Waals surface area (Å²) in [6, 6.07) is 6.77. The van der Waals surface area contributed by atoms with Crippen LogP contribution in [0.5, 0.6) is 5.75 Å². The van der Waals surface area contributed by atoms with Crippen molar-refractivity contribution in [3.05, 3.63) is 57.8 Å². The quantitative estimate of drug-likeness (QED) is 0.758. The number of halogens is 5. The van der Waals surface area contributed by atoms with Crippen molar-refractivity contribution < 1.29 is 27.1 Å². The van der Waals surface area contributed by atoms with E-state index in [0.29, 0.717) is 0 Å². The summed E-state index contributed by atoms with van der Waals surface area (Å²) in [5.74, 6) is -1.47. The number of nitrogens with one attached hydrogen (secondary N) is 1. The fraction of sp³-hybridized carbons (Fsp3) is 0.133. The predicted molar refractivity (Wildman–Crippen MR) is 80.0 cm³/mol. The Hall–Kier alpha value is -2.09.